The summed E-state index contributed by atoms with van der Waals surface area (Å²) in [6, 6.07) is 12.6. The van der Waals surface area contributed by atoms with Crippen LogP contribution in [0.5, 0.6) is 0 Å². The van der Waals surface area contributed by atoms with Gasteiger partial charge in [-0.3, -0.25) is 9.48 Å². The number of benzene rings is 1. The molecule has 0 saturated carbocycles. The first kappa shape index (κ1) is 15.8. The number of carbonyl (C=O) groups is 1. The number of carbonyl (C=O) groups excluding carboxylic acids is 1. The second kappa shape index (κ2) is 6.57. The van der Waals surface area contributed by atoms with Crippen LogP contribution >= 0.6 is 0 Å². The third-order valence-electron chi connectivity index (χ3n) is 4.84. The number of aryl methyl sites for hydroxylation is 2. The van der Waals surface area contributed by atoms with Crippen LogP contribution < -0.4 is 0 Å². The smallest absolute Gasteiger partial charge is 0.272 e. The van der Waals surface area contributed by atoms with Crippen LogP contribution in [-0.4, -0.2) is 33.7 Å². The number of amides is 1. The number of nitrogens with zero attached hydrogens (tertiary/aromatic N) is 3. The second-order valence-corrected chi connectivity index (χ2v) is 6.52. The summed E-state index contributed by atoms with van der Waals surface area (Å²) in [5.41, 5.74) is 3.01. The van der Waals surface area contributed by atoms with Gasteiger partial charge in [0.2, 0.25) is 0 Å². The van der Waals surface area contributed by atoms with Gasteiger partial charge in [0.15, 0.2) is 0 Å². The molecule has 4 heteroatoms. The molecule has 0 unspecified atom stereocenters. The zero-order valence-electron chi connectivity index (χ0n) is 14.2. The number of hydrogen-bond donors (Lipinski definition) is 0. The van der Waals surface area contributed by atoms with E-state index in [9.17, 15) is 4.79 Å². The molecule has 122 valence electrons. The van der Waals surface area contributed by atoms with Gasteiger partial charge >= 0.3 is 0 Å². The lowest BCUT2D eigenvalue weighted by molar-refractivity contribution is 0.0648. The highest BCUT2D eigenvalue weighted by molar-refractivity contribution is 5.92. The summed E-state index contributed by atoms with van der Waals surface area (Å²) >= 11 is 0. The van der Waals surface area contributed by atoms with Crippen molar-refractivity contribution in [1.29, 1.82) is 0 Å². The summed E-state index contributed by atoms with van der Waals surface area (Å²) in [5, 5.41) is 4.40. The van der Waals surface area contributed by atoms with Crippen LogP contribution in [-0.2, 0) is 6.54 Å². The molecule has 0 radical (unpaired) electrons. The van der Waals surface area contributed by atoms with E-state index in [4.69, 9.17) is 0 Å². The molecule has 3 rings (SSSR count). The Labute approximate surface area is 138 Å². The molecule has 1 fully saturated rings. The summed E-state index contributed by atoms with van der Waals surface area (Å²) < 4.78 is 1.81. The quantitative estimate of drug-likeness (QED) is 0.870. The van der Waals surface area contributed by atoms with Crippen molar-refractivity contribution in [3.05, 3.63) is 53.3 Å². The van der Waals surface area contributed by atoms with E-state index in [1.54, 1.807) is 0 Å². The molecule has 2 aromatic rings. The Bertz CT molecular complexity index is 677. The normalized spacial score (nSPS) is 21.4. The Hall–Kier alpha value is -2.10. The molecular weight excluding hydrogens is 286 g/mol. The zero-order valence-corrected chi connectivity index (χ0v) is 14.2. The number of piperidine rings is 1. The maximum Gasteiger partial charge on any atom is 0.272 e. The Kier molecular flexibility index (Phi) is 4.51. The average Bonchev–Trinajstić information content (AvgIpc) is 2.96. The first-order chi connectivity index (χ1) is 11.1. The molecule has 0 aliphatic carbocycles. The number of hydrogen-bond acceptors (Lipinski definition) is 2. The third kappa shape index (κ3) is 3.16. The lowest BCUT2D eigenvalue weighted by atomic mass is 9.81. The number of likely N-dealkylation sites (tertiary alicyclic amines) is 1. The molecule has 1 aliphatic heterocycles. The van der Waals surface area contributed by atoms with Gasteiger partial charge in [-0.25, -0.2) is 0 Å². The van der Waals surface area contributed by atoms with E-state index < -0.39 is 0 Å². The van der Waals surface area contributed by atoms with E-state index in [2.05, 4.69) is 42.4 Å². The highest BCUT2D eigenvalue weighted by atomic mass is 16.2. The zero-order chi connectivity index (χ0) is 16.4. The van der Waals surface area contributed by atoms with Crippen molar-refractivity contribution >= 4 is 5.91 Å². The van der Waals surface area contributed by atoms with Gasteiger partial charge in [0.05, 0.1) is 5.69 Å². The minimum atomic E-state index is 0.116. The van der Waals surface area contributed by atoms with Crippen LogP contribution in [0.2, 0.25) is 0 Å². The lowest BCUT2D eigenvalue weighted by Gasteiger charge is -2.37. The van der Waals surface area contributed by atoms with Crippen molar-refractivity contribution in [3.8, 4) is 0 Å². The Balaban J connectivity index is 1.73. The molecule has 2 heterocycles. The topological polar surface area (TPSA) is 38.1 Å². The van der Waals surface area contributed by atoms with Gasteiger partial charge in [-0.2, -0.15) is 5.10 Å². The SMILES string of the molecule is CCn1nc(C)cc1C(=O)N1CC[C@@H](c2ccccc2)[C@H](C)C1. The second-order valence-electron chi connectivity index (χ2n) is 6.52. The molecule has 23 heavy (non-hydrogen) atoms. The van der Waals surface area contributed by atoms with Crippen LogP contribution in [0.4, 0.5) is 0 Å². The van der Waals surface area contributed by atoms with Crippen LogP contribution in [0, 0.1) is 12.8 Å². The molecule has 0 bridgehead atoms. The summed E-state index contributed by atoms with van der Waals surface area (Å²) in [7, 11) is 0. The maximum atomic E-state index is 12.8. The molecule has 1 aliphatic rings. The van der Waals surface area contributed by atoms with Crippen molar-refractivity contribution in [2.75, 3.05) is 13.1 Å². The molecule has 1 aromatic carbocycles. The van der Waals surface area contributed by atoms with E-state index in [-0.39, 0.29) is 5.91 Å². The fraction of sp³-hybridized carbons (Fsp3) is 0.474. The van der Waals surface area contributed by atoms with E-state index in [0.29, 0.717) is 11.8 Å². The molecule has 1 saturated heterocycles. The van der Waals surface area contributed by atoms with Gasteiger partial charge in [-0.15, -0.1) is 0 Å². The van der Waals surface area contributed by atoms with Crippen LogP contribution in [0.15, 0.2) is 36.4 Å². The lowest BCUT2D eigenvalue weighted by Crippen LogP contribution is -2.42. The van der Waals surface area contributed by atoms with Crippen molar-refractivity contribution in [3.63, 3.8) is 0 Å². The van der Waals surface area contributed by atoms with Crippen molar-refractivity contribution in [1.82, 2.24) is 14.7 Å². The van der Waals surface area contributed by atoms with Gasteiger partial charge in [0, 0.05) is 19.6 Å². The third-order valence-corrected chi connectivity index (χ3v) is 4.84. The Morgan fingerprint density at radius 2 is 2.04 bits per heavy atom. The monoisotopic (exact) mass is 311 g/mol. The molecule has 1 aromatic heterocycles. The van der Waals surface area contributed by atoms with Gasteiger partial charge in [0.25, 0.3) is 5.91 Å². The van der Waals surface area contributed by atoms with E-state index in [1.165, 1.54) is 5.56 Å². The van der Waals surface area contributed by atoms with Crippen LogP contribution in [0.25, 0.3) is 0 Å². The highest BCUT2D eigenvalue weighted by Crippen LogP contribution is 2.33. The number of aromatic nitrogens is 2. The predicted octanol–water partition coefficient (Wildman–Crippen LogP) is 3.48. The molecule has 1 amide bonds. The van der Waals surface area contributed by atoms with Gasteiger partial charge in [-0.1, -0.05) is 37.3 Å². The summed E-state index contributed by atoms with van der Waals surface area (Å²) in [4.78, 5) is 14.8. The molecular formula is C19H25N3O. The minimum Gasteiger partial charge on any atom is -0.337 e. The number of rotatable bonds is 3. The summed E-state index contributed by atoms with van der Waals surface area (Å²) in [5.74, 6) is 1.12. The molecule has 4 nitrogen and oxygen atoms in total. The van der Waals surface area contributed by atoms with E-state index >= 15 is 0 Å². The van der Waals surface area contributed by atoms with Crippen LogP contribution in [0.1, 0.15) is 47.9 Å². The van der Waals surface area contributed by atoms with Crippen LogP contribution in [0.3, 0.4) is 0 Å². The minimum absolute atomic E-state index is 0.116. The first-order valence-corrected chi connectivity index (χ1v) is 8.48. The molecule has 2 atom stereocenters. The highest BCUT2D eigenvalue weighted by Gasteiger charge is 2.31. The Morgan fingerprint density at radius 1 is 1.30 bits per heavy atom. The average molecular weight is 311 g/mol. The predicted molar refractivity (Wildman–Crippen MR) is 91.5 cm³/mol. The molecule has 0 spiro atoms. The van der Waals surface area contributed by atoms with E-state index in [0.717, 1.165) is 37.4 Å². The van der Waals surface area contributed by atoms with Gasteiger partial charge in [0.1, 0.15) is 5.69 Å². The fourth-order valence-electron chi connectivity index (χ4n) is 3.65. The molecule has 0 N–H and O–H groups in total. The van der Waals surface area contributed by atoms with Crippen molar-refractivity contribution in [2.45, 2.75) is 39.7 Å². The first-order valence-electron chi connectivity index (χ1n) is 8.48. The summed E-state index contributed by atoms with van der Waals surface area (Å²) in [6.07, 6.45) is 1.02. The fourth-order valence-corrected chi connectivity index (χ4v) is 3.65. The van der Waals surface area contributed by atoms with Gasteiger partial charge < -0.3 is 4.90 Å². The van der Waals surface area contributed by atoms with Crippen molar-refractivity contribution < 1.29 is 4.79 Å². The van der Waals surface area contributed by atoms with Crippen molar-refractivity contribution in [2.24, 2.45) is 5.92 Å². The maximum absolute atomic E-state index is 12.8. The standard InChI is InChI=1S/C19H25N3O/c1-4-22-18(12-15(3)20-22)19(23)21-11-10-17(14(2)13-21)16-8-6-5-7-9-16/h5-9,12,14,17H,4,10-11,13H2,1-3H3/t14-,17-/m1/s1. The van der Waals surface area contributed by atoms with Gasteiger partial charge in [-0.05, 0) is 43.7 Å². The largest absolute Gasteiger partial charge is 0.337 e. The Morgan fingerprint density at radius 3 is 2.70 bits per heavy atom. The van der Waals surface area contributed by atoms with E-state index in [1.807, 2.05) is 29.5 Å². The summed E-state index contributed by atoms with van der Waals surface area (Å²) in [6.45, 7) is 8.56.